The normalized spacial score (nSPS) is 34.1. The van der Waals surface area contributed by atoms with Crippen LogP contribution in [0.3, 0.4) is 0 Å². The summed E-state index contributed by atoms with van der Waals surface area (Å²) >= 11 is 0. The summed E-state index contributed by atoms with van der Waals surface area (Å²) in [6.45, 7) is 5.98. The quantitative estimate of drug-likeness (QED) is 0.737. The second-order valence-electron chi connectivity index (χ2n) is 5.95. The molecular weight excluding hydrogens is 200 g/mol. The van der Waals surface area contributed by atoms with Gasteiger partial charge in [-0.15, -0.1) is 0 Å². The topological polar surface area (TPSA) is 46.3 Å². The third kappa shape index (κ3) is 2.10. The van der Waals surface area contributed by atoms with Crippen molar-refractivity contribution in [2.24, 2.45) is 17.1 Å². The monoisotopic (exact) mass is 224 g/mol. The molecule has 2 aliphatic rings. The molecule has 0 radical (unpaired) electrons. The van der Waals surface area contributed by atoms with Gasteiger partial charge in [-0.25, -0.2) is 0 Å². The van der Waals surface area contributed by atoms with E-state index in [-0.39, 0.29) is 11.5 Å². The van der Waals surface area contributed by atoms with Crippen LogP contribution in [0.4, 0.5) is 0 Å². The van der Waals surface area contributed by atoms with E-state index in [1.807, 2.05) is 4.90 Å². The molecule has 1 saturated carbocycles. The highest BCUT2D eigenvalue weighted by molar-refractivity contribution is 5.82. The van der Waals surface area contributed by atoms with Crippen LogP contribution in [0.1, 0.15) is 46.0 Å². The number of rotatable bonds is 1. The van der Waals surface area contributed by atoms with Crippen LogP contribution in [0.25, 0.3) is 0 Å². The Bertz CT molecular complexity index is 271. The maximum atomic E-state index is 12.4. The fourth-order valence-electron chi connectivity index (χ4n) is 3.03. The number of hydrogen-bond acceptors (Lipinski definition) is 2. The first kappa shape index (κ1) is 11.9. The molecule has 0 aromatic heterocycles. The zero-order chi connectivity index (χ0) is 11.8. The van der Waals surface area contributed by atoms with Gasteiger partial charge >= 0.3 is 0 Å². The van der Waals surface area contributed by atoms with Crippen LogP contribution in [-0.4, -0.2) is 29.9 Å². The smallest absolute Gasteiger partial charge is 0.228 e. The van der Waals surface area contributed by atoms with E-state index in [0.717, 1.165) is 32.4 Å². The van der Waals surface area contributed by atoms with Crippen molar-refractivity contribution >= 4 is 5.91 Å². The van der Waals surface area contributed by atoms with Crippen LogP contribution in [0.15, 0.2) is 0 Å². The molecule has 0 aromatic rings. The highest BCUT2D eigenvalue weighted by Crippen LogP contribution is 2.39. The summed E-state index contributed by atoms with van der Waals surface area (Å²) < 4.78 is 0. The zero-order valence-corrected chi connectivity index (χ0v) is 10.5. The minimum Gasteiger partial charge on any atom is -0.341 e. The number of nitrogens with two attached hydrogens (primary N) is 1. The van der Waals surface area contributed by atoms with Crippen molar-refractivity contribution in [3.63, 3.8) is 0 Å². The summed E-state index contributed by atoms with van der Waals surface area (Å²) in [5.74, 6) is 0.910. The molecule has 3 nitrogen and oxygen atoms in total. The summed E-state index contributed by atoms with van der Waals surface area (Å²) in [7, 11) is 0. The van der Waals surface area contributed by atoms with Crippen molar-refractivity contribution in [2.45, 2.75) is 52.0 Å². The number of amides is 1. The van der Waals surface area contributed by atoms with Crippen molar-refractivity contribution in [3.8, 4) is 0 Å². The molecule has 3 heteroatoms. The van der Waals surface area contributed by atoms with E-state index in [0.29, 0.717) is 11.8 Å². The summed E-state index contributed by atoms with van der Waals surface area (Å²) in [4.78, 5) is 14.5. The van der Waals surface area contributed by atoms with Gasteiger partial charge in [-0.3, -0.25) is 4.79 Å². The van der Waals surface area contributed by atoms with Gasteiger partial charge in [0.05, 0.1) is 0 Å². The third-order valence-electron chi connectivity index (χ3n) is 4.53. The van der Waals surface area contributed by atoms with Crippen LogP contribution in [0.2, 0.25) is 0 Å². The Labute approximate surface area is 98.4 Å². The molecule has 1 saturated heterocycles. The molecule has 1 heterocycles. The first-order valence-corrected chi connectivity index (χ1v) is 6.58. The Balaban J connectivity index is 2.00. The van der Waals surface area contributed by atoms with Gasteiger partial charge in [0.15, 0.2) is 0 Å². The maximum Gasteiger partial charge on any atom is 0.228 e. The van der Waals surface area contributed by atoms with Gasteiger partial charge in [-0.1, -0.05) is 26.7 Å². The molecule has 2 atom stereocenters. The Hall–Kier alpha value is -0.570. The Morgan fingerprint density at radius 2 is 2.00 bits per heavy atom. The van der Waals surface area contributed by atoms with Crippen LogP contribution in [-0.2, 0) is 4.79 Å². The molecule has 1 aliphatic heterocycles. The highest BCUT2D eigenvalue weighted by Gasteiger charge is 2.40. The van der Waals surface area contributed by atoms with Gasteiger partial charge in [-0.05, 0) is 25.2 Å². The largest absolute Gasteiger partial charge is 0.341 e. The lowest BCUT2D eigenvalue weighted by Crippen LogP contribution is -2.52. The van der Waals surface area contributed by atoms with Crippen LogP contribution >= 0.6 is 0 Å². The Morgan fingerprint density at radius 1 is 1.38 bits per heavy atom. The second-order valence-corrected chi connectivity index (χ2v) is 5.95. The van der Waals surface area contributed by atoms with Crippen molar-refractivity contribution in [1.29, 1.82) is 0 Å². The fourth-order valence-corrected chi connectivity index (χ4v) is 3.03. The van der Waals surface area contributed by atoms with E-state index in [1.165, 1.54) is 12.8 Å². The van der Waals surface area contributed by atoms with E-state index in [2.05, 4.69) is 13.8 Å². The molecular formula is C13H24N2O. The minimum atomic E-state index is -0.0830. The lowest BCUT2D eigenvalue weighted by atomic mass is 9.85. The molecule has 2 rings (SSSR count). The molecule has 0 aromatic carbocycles. The van der Waals surface area contributed by atoms with Gasteiger partial charge in [0.2, 0.25) is 5.91 Å². The standard InChI is InChI=1S/C13H24N2O/c1-10-5-8-15(9-11(10)14)12(16)13(2)6-3-4-7-13/h10-11H,3-9,14H2,1-2H3. The summed E-state index contributed by atoms with van der Waals surface area (Å²) in [5, 5.41) is 0. The molecule has 0 bridgehead atoms. The summed E-state index contributed by atoms with van der Waals surface area (Å²) in [5.41, 5.74) is 5.97. The van der Waals surface area contributed by atoms with Crippen molar-refractivity contribution in [1.82, 2.24) is 4.90 Å². The average Bonchev–Trinajstić information content (AvgIpc) is 2.70. The van der Waals surface area contributed by atoms with Gasteiger partial charge < -0.3 is 10.6 Å². The molecule has 2 unspecified atom stereocenters. The lowest BCUT2D eigenvalue weighted by Gasteiger charge is -2.39. The molecule has 2 fully saturated rings. The van der Waals surface area contributed by atoms with Gasteiger partial charge in [0, 0.05) is 24.5 Å². The molecule has 0 spiro atoms. The Kier molecular flexibility index (Phi) is 3.24. The van der Waals surface area contributed by atoms with Gasteiger partial charge in [0.25, 0.3) is 0 Å². The van der Waals surface area contributed by atoms with E-state index >= 15 is 0 Å². The number of nitrogens with zero attached hydrogens (tertiary/aromatic N) is 1. The first-order chi connectivity index (χ1) is 7.53. The van der Waals surface area contributed by atoms with E-state index in [4.69, 9.17) is 5.73 Å². The molecule has 1 amide bonds. The van der Waals surface area contributed by atoms with Gasteiger partial charge in [0.1, 0.15) is 0 Å². The molecule has 92 valence electrons. The van der Waals surface area contributed by atoms with Gasteiger partial charge in [-0.2, -0.15) is 0 Å². The molecule has 1 aliphatic carbocycles. The number of likely N-dealkylation sites (tertiary alicyclic amines) is 1. The predicted molar refractivity (Wildman–Crippen MR) is 64.9 cm³/mol. The number of hydrogen-bond donors (Lipinski definition) is 1. The first-order valence-electron chi connectivity index (χ1n) is 6.58. The average molecular weight is 224 g/mol. The second kappa shape index (κ2) is 4.36. The Morgan fingerprint density at radius 3 is 2.56 bits per heavy atom. The predicted octanol–water partition coefficient (Wildman–Crippen LogP) is 1.76. The highest BCUT2D eigenvalue weighted by atomic mass is 16.2. The lowest BCUT2D eigenvalue weighted by molar-refractivity contribution is -0.142. The number of carbonyl (C=O) groups is 1. The van der Waals surface area contributed by atoms with Crippen molar-refractivity contribution in [3.05, 3.63) is 0 Å². The van der Waals surface area contributed by atoms with E-state index in [9.17, 15) is 4.79 Å². The maximum absolute atomic E-state index is 12.4. The van der Waals surface area contributed by atoms with Crippen LogP contribution < -0.4 is 5.73 Å². The SMILES string of the molecule is CC1CCN(C(=O)C2(C)CCCC2)CC1N. The zero-order valence-electron chi connectivity index (χ0n) is 10.5. The van der Waals surface area contributed by atoms with Crippen LogP contribution in [0, 0.1) is 11.3 Å². The third-order valence-corrected chi connectivity index (χ3v) is 4.53. The van der Waals surface area contributed by atoms with Crippen LogP contribution in [0.5, 0.6) is 0 Å². The van der Waals surface area contributed by atoms with Crippen molar-refractivity contribution in [2.75, 3.05) is 13.1 Å². The minimum absolute atomic E-state index is 0.0830. The summed E-state index contributed by atoms with van der Waals surface area (Å²) in [6.07, 6.45) is 5.60. The fraction of sp³-hybridized carbons (Fsp3) is 0.923. The van der Waals surface area contributed by atoms with Crippen molar-refractivity contribution < 1.29 is 4.79 Å². The summed E-state index contributed by atoms with van der Waals surface area (Å²) in [6, 6.07) is 0.169. The molecule has 2 N–H and O–H groups in total. The van der Waals surface area contributed by atoms with E-state index < -0.39 is 0 Å². The molecule has 16 heavy (non-hydrogen) atoms. The van der Waals surface area contributed by atoms with E-state index in [1.54, 1.807) is 0 Å². The number of piperidine rings is 1. The number of carbonyl (C=O) groups excluding carboxylic acids is 1.